The fourth-order valence-corrected chi connectivity index (χ4v) is 8.35. The molecule has 1 N–H and O–H groups in total. The second kappa shape index (κ2) is 45.0. The van der Waals surface area contributed by atoms with Gasteiger partial charge in [0.25, 0.3) is 7.82 Å². The molecule has 376 valence electrons. The summed E-state index contributed by atoms with van der Waals surface area (Å²) >= 11 is 0. The average Bonchev–Trinajstić information content (AvgIpc) is 3.25. The highest BCUT2D eigenvalue weighted by molar-refractivity contribution is 7.45. The summed E-state index contributed by atoms with van der Waals surface area (Å²) in [5, 5.41) is 2.97. The molecule has 0 aromatic carbocycles. The molecule has 10 heteroatoms. The predicted octanol–water partition coefficient (Wildman–Crippen LogP) is 15.0. The number of nitrogens with one attached hydrogen (secondary N) is 1. The Morgan fingerprint density at radius 3 is 1.44 bits per heavy atom. The van der Waals surface area contributed by atoms with Crippen molar-refractivity contribution < 1.29 is 37.3 Å². The molecule has 0 fully saturated rings. The third-order valence-corrected chi connectivity index (χ3v) is 12.8. The van der Waals surface area contributed by atoms with Gasteiger partial charge in [0.1, 0.15) is 19.3 Å². The van der Waals surface area contributed by atoms with Gasteiger partial charge in [-0.1, -0.05) is 218 Å². The second-order valence-electron chi connectivity index (χ2n) is 19.4. The molecule has 0 saturated heterocycles. The van der Waals surface area contributed by atoms with Crippen LogP contribution in [0.3, 0.4) is 0 Å². The summed E-state index contributed by atoms with van der Waals surface area (Å²) in [6, 6.07) is -0.912. The zero-order valence-electron chi connectivity index (χ0n) is 42.7. The number of carbonyl (C=O) groups is 2. The Kier molecular flexibility index (Phi) is 43.8. The number of unbranched alkanes of at least 4 members (excludes halogenated alkanes) is 28. The lowest BCUT2D eigenvalue weighted by Crippen LogP contribution is -2.47. The van der Waals surface area contributed by atoms with Crippen LogP contribution in [0.25, 0.3) is 0 Å². The quantitative estimate of drug-likeness (QED) is 0.0212. The highest BCUT2D eigenvalue weighted by atomic mass is 31.2. The van der Waals surface area contributed by atoms with Crippen molar-refractivity contribution in [1.29, 1.82) is 0 Å². The molecule has 64 heavy (non-hydrogen) atoms. The molecule has 0 aliphatic carbocycles. The number of rotatable bonds is 48. The maximum atomic E-state index is 13.4. The van der Waals surface area contributed by atoms with Crippen molar-refractivity contribution >= 4 is 19.7 Å². The summed E-state index contributed by atoms with van der Waals surface area (Å²) in [4.78, 5) is 39.6. The van der Waals surface area contributed by atoms with Crippen LogP contribution < -0.4 is 10.2 Å². The van der Waals surface area contributed by atoms with Crippen LogP contribution in [0.15, 0.2) is 36.5 Å². The number of hydrogen-bond donors (Lipinski definition) is 1. The highest BCUT2D eigenvalue weighted by Gasteiger charge is 2.27. The largest absolute Gasteiger partial charge is 0.756 e. The van der Waals surface area contributed by atoms with E-state index in [9.17, 15) is 19.0 Å². The van der Waals surface area contributed by atoms with Gasteiger partial charge in [-0.2, -0.15) is 0 Å². The Morgan fingerprint density at radius 2 is 0.969 bits per heavy atom. The number of ether oxygens (including phenoxy) is 1. The zero-order chi connectivity index (χ0) is 47.3. The first-order valence-electron chi connectivity index (χ1n) is 26.8. The molecule has 0 aliphatic heterocycles. The predicted molar refractivity (Wildman–Crippen MR) is 270 cm³/mol. The smallest absolute Gasteiger partial charge is 0.306 e. The number of phosphoric ester groups is 1. The van der Waals surface area contributed by atoms with E-state index in [1.54, 1.807) is 0 Å². The van der Waals surface area contributed by atoms with Gasteiger partial charge in [-0.25, -0.2) is 0 Å². The molecular weight excluding hydrogens is 820 g/mol. The van der Waals surface area contributed by atoms with Gasteiger partial charge in [0, 0.05) is 12.8 Å². The Balaban J connectivity index is 5.48. The van der Waals surface area contributed by atoms with Gasteiger partial charge in [0.2, 0.25) is 5.91 Å². The van der Waals surface area contributed by atoms with E-state index in [1.807, 2.05) is 39.4 Å². The number of quaternary nitrogens is 1. The molecule has 0 aromatic rings. The topological polar surface area (TPSA) is 114 Å². The molecule has 0 radical (unpaired) electrons. The van der Waals surface area contributed by atoms with Crippen LogP contribution >= 0.6 is 7.82 Å². The molecule has 0 rings (SSSR count). The number of allylic oxidation sites excluding steroid dienone is 5. The maximum Gasteiger partial charge on any atom is 0.306 e. The molecule has 0 bridgehead atoms. The molecule has 3 atom stereocenters. The highest BCUT2D eigenvalue weighted by Crippen LogP contribution is 2.38. The van der Waals surface area contributed by atoms with E-state index < -0.39 is 26.6 Å². The molecule has 0 heterocycles. The lowest BCUT2D eigenvalue weighted by Gasteiger charge is -2.30. The first-order valence-corrected chi connectivity index (χ1v) is 28.3. The fraction of sp³-hybridized carbons (Fsp3) is 0.852. The average molecular weight is 923 g/mol. The van der Waals surface area contributed by atoms with E-state index in [-0.39, 0.29) is 31.3 Å². The van der Waals surface area contributed by atoms with E-state index in [4.69, 9.17) is 13.8 Å². The number of amides is 1. The van der Waals surface area contributed by atoms with Gasteiger partial charge in [0.15, 0.2) is 0 Å². The van der Waals surface area contributed by atoms with E-state index >= 15 is 0 Å². The summed E-state index contributed by atoms with van der Waals surface area (Å²) in [5.41, 5.74) is 0. The summed E-state index contributed by atoms with van der Waals surface area (Å²) in [6.07, 6.45) is 51.2. The number of carbonyl (C=O) groups excluding carboxylic acids is 2. The standard InChI is InChI=1S/C54H103N2O7P/c1-7-10-13-16-19-22-25-28-31-34-37-40-43-46-53(57)55-51(50-62-64(59,60)61-49-48-56(4,5)6)52(45-42-39-36-33-30-27-24-21-18-15-12-9-3)63-54(58)47-44-41-38-35-32-29-26-23-20-17-14-11-8-2/h28,31,37,40,42,45,51-52H,7-27,29-30,32-36,38-39,41,43-44,46-50H2,1-6H3,(H-,55,57,59,60)/b31-28-,40-37+,45-42+. The molecule has 0 saturated carbocycles. The normalized spacial score (nSPS) is 14.2. The van der Waals surface area contributed by atoms with E-state index in [0.29, 0.717) is 17.4 Å². The van der Waals surface area contributed by atoms with Crippen LogP contribution in [0.2, 0.25) is 0 Å². The number of likely N-dealkylation sites (N-methyl/N-ethyl adjacent to an activating group) is 1. The molecule has 0 aromatic heterocycles. The van der Waals surface area contributed by atoms with Crippen LogP contribution in [-0.4, -0.2) is 69.4 Å². The Hall–Kier alpha value is -1.77. The van der Waals surface area contributed by atoms with Crippen molar-refractivity contribution in [3.8, 4) is 0 Å². The van der Waals surface area contributed by atoms with Gasteiger partial charge in [-0.3, -0.25) is 14.2 Å². The van der Waals surface area contributed by atoms with Crippen LogP contribution in [0, 0.1) is 0 Å². The third-order valence-electron chi connectivity index (χ3n) is 11.8. The van der Waals surface area contributed by atoms with Crippen molar-refractivity contribution in [3.05, 3.63) is 36.5 Å². The van der Waals surface area contributed by atoms with Crippen molar-refractivity contribution in [2.75, 3.05) is 40.9 Å². The Bertz CT molecular complexity index is 1200. The number of phosphoric acid groups is 1. The van der Waals surface area contributed by atoms with Gasteiger partial charge >= 0.3 is 5.97 Å². The SMILES string of the molecule is CCCCCCCC/C=C\C/C=C/CCC(=O)NC(COP(=O)([O-])OCC[N+](C)(C)C)C(/C=C/CCCCCCCCCCCC)OC(=O)CCCCCCCCCCCCCCC. The molecule has 0 aliphatic rings. The number of nitrogens with zero attached hydrogens (tertiary/aromatic N) is 1. The lowest BCUT2D eigenvalue weighted by atomic mass is 10.0. The summed E-state index contributed by atoms with van der Waals surface area (Å²) in [5.74, 6) is -0.614. The lowest BCUT2D eigenvalue weighted by molar-refractivity contribution is -0.870. The molecule has 9 nitrogen and oxygen atoms in total. The monoisotopic (exact) mass is 923 g/mol. The number of esters is 1. The van der Waals surface area contributed by atoms with Gasteiger partial charge in [-0.05, 0) is 51.0 Å². The van der Waals surface area contributed by atoms with Crippen LogP contribution in [-0.2, 0) is 27.9 Å². The zero-order valence-corrected chi connectivity index (χ0v) is 43.6. The summed E-state index contributed by atoms with van der Waals surface area (Å²) < 4.78 is 30.1. The molecule has 0 spiro atoms. The summed E-state index contributed by atoms with van der Waals surface area (Å²) in [7, 11) is 1.16. The molecule has 3 unspecified atom stereocenters. The second-order valence-corrected chi connectivity index (χ2v) is 20.8. The summed E-state index contributed by atoms with van der Waals surface area (Å²) in [6.45, 7) is 6.78. The first-order chi connectivity index (χ1) is 30.9. The van der Waals surface area contributed by atoms with Crippen LogP contribution in [0.5, 0.6) is 0 Å². The van der Waals surface area contributed by atoms with Crippen molar-refractivity contribution in [1.82, 2.24) is 5.32 Å². The van der Waals surface area contributed by atoms with E-state index in [2.05, 4.69) is 44.3 Å². The minimum atomic E-state index is -4.70. The van der Waals surface area contributed by atoms with E-state index in [1.165, 1.54) is 154 Å². The third kappa shape index (κ3) is 45.4. The van der Waals surface area contributed by atoms with Gasteiger partial charge in [0.05, 0.1) is 33.8 Å². The molecular formula is C54H103N2O7P. The van der Waals surface area contributed by atoms with Crippen molar-refractivity contribution in [2.24, 2.45) is 0 Å². The van der Waals surface area contributed by atoms with Crippen molar-refractivity contribution in [2.45, 2.75) is 258 Å². The van der Waals surface area contributed by atoms with Crippen LogP contribution in [0.4, 0.5) is 0 Å². The van der Waals surface area contributed by atoms with Crippen LogP contribution in [0.1, 0.15) is 245 Å². The Morgan fingerprint density at radius 1 is 0.547 bits per heavy atom. The van der Waals surface area contributed by atoms with Gasteiger partial charge < -0.3 is 28.5 Å². The maximum absolute atomic E-state index is 13.4. The Labute approximate surface area is 396 Å². The molecule has 1 amide bonds. The minimum absolute atomic E-state index is 0.0296. The van der Waals surface area contributed by atoms with Crippen molar-refractivity contribution in [3.63, 3.8) is 0 Å². The minimum Gasteiger partial charge on any atom is -0.756 e. The van der Waals surface area contributed by atoms with E-state index in [0.717, 1.165) is 51.4 Å². The first kappa shape index (κ1) is 62.2. The van der Waals surface area contributed by atoms with Gasteiger partial charge in [-0.15, -0.1) is 0 Å². The fourth-order valence-electron chi connectivity index (χ4n) is 7.63. The number of hydrogen-bond acceptors (Lipinski definition) is 7.